The lowest BCUT2D eigenvalue weighted by molar-refractivity contribution is -0.129. The molecule has 1 N–H and O–H groups in total. The second-order valence-corrected chi connectivity index (χ2v) is 6.66. The van der Waals surface area contributed by atoms with Crippen LogP contribution in [0.2, 0.25) is 0 Å². The number of methoxy groups -OCH3 is 1. The second-order valence-electron chi connectivity index (χ2n) is 6.66. The fraction of sp³-hybridized carbons (Fsp3) is 0.286. The van der Waals surface area contributed by atoms with Crippen molar-refractivity contribution in [2.75, 3.05) is 23.9 Å². The summed E-state index contributed by atoms with van der Waals surface area (Å²) in [5, 5.41) is 2.73. The molecule has 27 heavy (non-hydrogen) atoms. The lowest BCUT2D eigenvalue weighted by Crippen LogP contribution is -2.33. The maximum atomic E-state index is 12.7. The molecule has 0 aromatic heterocycles. The van der Waals surface area contributed by atoms with Crippen LogP contribution in [-0.4, -0.2) is 31.4 Å². The maximum Gasteiger partial charge on any atom is 0.337 e. The van der Waals surface area contributed by atoms with Crippen LogP contribution in [0.15, 0.2) is 42.5 Å². The summed E-state index contributed by atoms with van der Waals surface area (Å²) in [5.74, 6) is -1.80. The Labute approximate surface area is 158 Å². The second kappa shape index (κ2) is 7.61. The van der Waals surface area contributed by atoms with E-state index in [4.69, 9.17) is 0 Å². The molecule has 1 aliphatic rings. The fourth-order valence-corrected chi connectivity index (χ4v) is 3.14. The molecule has 2 aromatic rings. The molecule has 1 heterocycles. The standard InChI is InChI=1S/C21H22N2O4/c1-13-7-8-17(11-14(13)2)23-10-9-18(20(23)25)19(24)22-16-6-4-5-15(12-16)21(26)27-3/h4-8,11-12,18H,9-10H2,1-3H3,(H,22,24). The highest BCUT2D eigenvalue weighted by Crippen LogP contribution is 2.28. The predicted molar refractivity (Wildman–Crippen MR) is 103 cm³/mol. The first kappa shape index (κ1) is 18.6. The Morgan fingerprint density at radius 3 is 2.59 bits per heavy atom. The van der Waals surface area contributed by atoms with Crippen molar-refractivity contribution in [3.05, 3.63) is 59.2 Å². The first-order chi connectivity index (χ1) is 12.9. The number of aryl methyl sites for hydroxylation is 2. The first-order valence-electron chi connectivity index (χ1n) is 8.78. The molecule has 0 saturated carbocycles. The quantitative estimate of drug-likeness (QED) is 0.666. The number of nitrogens with zero attached hydrogens (tertiary/aromatic N) is 1. The van der Waals surface area contributed by atoms with Crippen molar-refractivity contribution >= 4 is 29.2 Å². The molecule has 1 aliphatic heterocycles. The van der Waals surface area contributed by atoms with Gasteiger partial charge < -0.3 is 15.0 Å². The summed E-state index contributed by atoms with van der Waals surface area (Å²) in [6.45, 7) is 4.52. The number of rotatable bonds is 4. The van der Waals surface area contributed by atoms with Gasteiger partial charge in [0, 0.05) is 17.9 Å². The Bertz CT molecular complexity index is 907. The smallest absolute Gasteiger partial charge is 0.337 e. The van der Waals surface area contributed by atoms with Crippen LogP contribution in [0.3, 0.4) is 0 Å². The van der Waals surface area contributed by atoms with Crippen LogP contribution in [0, 0.1) is 19.8 Å². The normalized spacial score (nSPS) is 16.3. The third-order valence-corrected chi connectivity index (χ3v) is 4.88. The number of hydrogen-bond acceptors (Lipinski definition) is 4. The molecule has 140 valence electrons. The van der Waals surface area contributed by atoms with Gasteiger partial charge in [-0.25, -0.2) is 4.79 Å². The van der Waals surface area contributed by atoms with Crippen molar-refractivity contribution in [1.29, 1.82) is 0 Å². The molecule has 0 bridgehead atoms. The molecule has 1 saturated heterocycles. The number of benzene rings is 2. The number of nitrogens with one attached hydrogen (secondary N) is 1. The highest BCUT2D eigenvalue weighted by atomic mass is 16.5. The van der Waals surface area contributed by atoms with E-state index in [2.05, 4.69) is 10.1 Å². The summed E-state index contributed by atoms with van der Waals surface area (Å²) >= 11 is 0. The molecule has 1 unspecified atom stereocenters. The van der Waals surface area contributed by atoms with Gasteiger partial charge in [0.2, 0.25) is 11.8 Å². The van der Waals surface area contributed by atoms with Crippen molar-refractivity contribution in [2.45, 2.75) is 20.3 Å². The van der Waals surface area contributed by atoms with E-state index in [9.17, 15) is 14.4 Å². The molecule has 6 nitrogen and oxygen atoms in total. The van der Waals surface area contributed by atoms with E-state index >= 15 is 0 Å². The Morgan fingerprint density at radius 1 is 1.11 bits per heavy atom. The molecular formula is C21H22N2O4. The van der Waals surface area contributed by atoms with E-state index < -0.39 is 11.9 Å². The van der Waals surface area contributed by atoms with Crippen LogP contribution in [0.1, 0.15) is 27.9 Å². The van der Waals surface area contributed by atoms with Gasteiger partial charge in [-0.1, -0.05) is 12.1 Å². The number of carbonyl (C=O) groups is 3. The van der Waals surface area contributed by atoms with Crippen LogP contribution < -0.4 is 10.2 Å². The Kier molecular flexibility index (Phi) is 5.26. The molecule has 0 spiro atoms. The van der Waals surface area contributed by atoms with Gasteiger partial charge in [0.1, 0.15) is 5.92 Å². The van der Waals surface area contributed by atoms with Crippen molar-refractivity contribution in [1.82, 2.24) is 0 Å². The van der Waals surface area contributed by atoms with Crippen LogP contribution in [-0.2, 0) is 14.3 Å². The number of hydrogen-bond donors (Lipinski definition) is 1. The van der Waals surface area contributed by atoms with Gasteiger partial charge >= 0.3 is 5.97 Å². The molecule has 6 heteroatoms. The van der Waals surface area contributed by atoms with E-state index in [-0.39, 0.29) is 11.8 Å². The third-order valence-electron chi connectivity index (χ3n) is 4.88. The fourth-order valence-electron chi connectivity index (χ4n) is 3.14. The van der Waals surface area contributed by atoms with Gasteiger partial charge in [0.05, 0.1) is 12.7 Å². The number of esters is 1. The number of amides is 2. The van der Waals surface area contributed by atoms with Gasteiger partial charge in [0.25, 0.3) is 0 Å². The molecule has 1 fully saturated rings. The summed E-state index contributed by atoms with van der Waals surface area (Å²) in [5.41, 5.74) is 3.87. The van der Waals surface area contributed by atoms with Crippen molar-refractivity contribution in [2.24, 2.45) is 5.92 Å². The summed E-state index contributed by atoms with van der Waals surface area (Å²) in [6, 6.07) is 12.3. The number of anilines is 2. The lowest BCUT2D eigenvalue weighted by atomic mass is 10.1. The monoisotopic (exact) mass is 366 g/mol. The van der Waals surface area contributed by atoms with Gasteiger partial charge in [-0.15, -0.1) is 0 Å². The summed E-state index contributed by atoms with van der Waals surface area (Å²) in [4.78, 5) is 38.6. The van der Waals surface area contributed by atoms with Crippen LogP contribution in [0.4, 0.5) is 11.4 Å². The molecule has 2 aromatic carbocycles. The predicted octanol–water partition coefficient (Wildman–Crippen LogP) is 3.08. The first-order valence-corrected chi connectivity index (χ1v) is 8.78. The molecule has 0 radical (unpaired) electrons. The van der Waals surface area contributed by atoms with Gasteiger partial charge in [-0.05, 0) is 61.7 Å². The average Bonchev–Trinajstić information content (AvgIpc) is 3.05. The van der Waals surface area contributed by atoms with E-state index in [1.165, 1.54) is 13.2 Å². The Hall–Kier alpha value is -3.15. The topological polar surface area (TPSA) is 75.7 Å². The zero-order valence-electron chi connectivity index (χ0n) is 15.6. The van der Waals surface area contributed by atoms with Gasteiger partial charge in [0.15, 0.2) is 0 Å². The summed E-state index contributed by atoms with van der Waals surface area (Å²) < 4.78 is 4.68. The maximum absolute atomic E-state index is 12.7. The zero-order chi connectivity index (χ0) is 19.6. The Balaban J connectivity index is 1.72. The van der Waals surface area contributed by atoms with E-state index in [1.807, 2.05) is 32.0 Å². The van der Waals surface area contributed by atoms with E-state index in [0.717, 1.165) is 16.8 Å². The van der Waals surface area contributed by atoms with Gasteiger partial charge in [-0.3, -0.25) is 9.59 Å². The summed E-state index contributed by atoms with van der Waals surface area (Å²) in [7, 11) is 1.30. The Morgan fingerprint density at radius 2 is 1.89 bits per heavy atom. The molecule has 1 atom stereocenters. The lowest BCUT2D eigenvalue weighted by Gasteiger charge is -2.18. The minimum absolute atomic E-state index is 0.208. The van der Waals surface area contributed by atoms with Gasteiger partial charge in [-0.2, -0.15) is 0 Å². The largest absolute Gasteiger partial charge is 0.465 e. The SMILES string of the molecule is COC(=O)c1cccc(NC(=O)C2CCN(c3ccc(C)c(C)c3)C2=O)c1. The molecule has 0 aliphatic carbocycles. The number of carbonyl (C=O) groups excluding carboxylic acids is 3. The zero-order valence-corrected chi connectivity index (χ0v) is 15.6. The van der Waals surface area contributed by atoms with Crippen molar-refractivity contribution < 1.29 is 19.1 Å². The number of ether oxygens (including phenoxy) is 1. The minimum atomic E-state index is -0.742. The molecular weight excluding hydrogens is 344 g/mol. The molecule has 2 amide bonds. The highest BCUT2D eigenvalue weighted by Gasteiger charge is 2.37. The van der Waals surface area contributed by atoms with E-state index in [0.29, 0.717) is 24.2 Å². The van der Waals surface area contributed by atoms with E-state index in [1.54, 1.807) is 23.1 Å². The highest BCUT2D eigenvalue weighted by molar-refractivity contribution is 6.13. The minimum Gasteiger partial charge on any atom is -0.465 e. The van der Waals surface area contributed by atoms with Crippen LogP contribution in [0.25, 0.3) is 0 Å². The summed E-state index contributed by atoms with van der Waals surface area (Å²) in [6.07, 6.45) is 0.453. The average molecular weight is 366 g/mol. The third kappa shape index (κ3) is 3.84. The van der Waals surface area contributed by atoms with Crippen molar-refractivity contribution in [3.63, 3.8) is 0 Å². The van der Waals surface area contributed by atoms with Crippen LogP contribution >= 0.6 is 0 Å². The van der Waals surface area contributed by atoms with Crippen LogP contribution in [0.5, 0.6) is 0 Å². The molecule has 3 rings (SSSR count). The van der Waals surface area contributed by atoms with Crippen molar-refractivity contribution in [3.8, 4) is 0 Å².